The Labute approximate surface area is 248 Å². The Morgan fingerprint density at radius 2 is 1.79 bits per heavy atom. The van der Waals surface area contributed by atoms with Crippen molar-refractivity contribution in [3.05, 3.63) is 90.4 Å². The Kier molecular flexibility index (Phi) is 8.22. The van der Waals surface area contributed by atoms with Gasteiger partial charge in [0.25, 0.3) is 16.0 Å². The lowest BCUT2D eigenvalue weighted by Crippen LogP contribution is -2.47. The van der Waals surface area contributed by atoms with Gasteiger partial charge >= 0.3 is 0 Å². The lowest BCUT2D eigenvalue weighted by atomic mass is 10.1. The van der Waals surface area contributed by atoms with Gasteiger partial charge in [-0.3, -0.25) is 24.1 Å². The summed E-state index contributed by atoms with van der Waals surface area (Å²) in [7, 11) is -3.94. The first-order chi connectivity index (χ1) is 20.3. The van der Waals surface area contributed by atoms with Gasteiger partial charge < -0.3 is 10.6 Å². The van der Waals surface area contributed by atoms with Crippen molar-refractivity contribution in [2.45, 2.75) is 16.3 Å². The number of aromatic nitrogens is 2. The number of rotatable bonds is 8. The quantitative estimate of drug-likeness (QED) is 0.217. The molecule has 10 nitrogen and oxygen atoms in total. The van der Waals surface area contributed by atoms with Crippen LogP contribution < -0.4 is 10.6 Å². The molecule has 2 aliphatic heterocycles. The summed E-state index contributed by atoms with van der Waals surface area (Å²) in [5.74, 6) is 0.346. The van der Waals surface area contributed by atoms with Crippen LogP contribution in [-0.4, -0.2) is 77.1 Å². The summed E-state index contributed by atoms with van der Waals surface area (Å²) in [4.78, 5) is 28.2. The van der Waals surface area contributed by atoms with Crippen molar-refractivity contribution in [2.24, 2.45) is 0 Å². The van der Waals surface area contributed by atoms with Crippen LogP contribution >= 0.6 is 11.8 Å². The largest absolute Gasteiger partial charge is 0.338 e. The van der Waals surface area contributed by atoms with Gasteiger partial charge in [0, 0.05) is 85.1 Å². The molecule has 1 saturated heterocycles. The molecule has 216 valence electrons. The molecular formula is C30H30N6O4S2. The predicted octanol–water partition coefficient (Wildman–Crippen LogP) is 4.61. The van der Waals surface area contributed by atoms with Crippen LogP contribution in [0.5, 0.6) is 0 Å². The molecule has 3 N–H and O–H groups in total. The average molecular weight is 603 g/mol. The molecule has 12 heteroatoms. The Morgan fingerprint density at radius 3 is 2.52 bits per heavy atom. The summed E-state index contributed by atoms with van der Waals surface area (Å²) in [5, 5.41) is 6.42. The molecular weight excluding hydrogens is 573 g/mol. The topological polar surface area (TPSA) is 128 Å². The summed E-state index contributed by atoms with van der Waals surface area (Å²) in [5.41, 5.74) is 5.34. The van der Waals surface area contributed by atoms with Crippen LogP contribution in [0, 0.1) is 0 Å². The van der Waals surface area contributed by atoms with Crippen molar-refractivity contribution in [1.29, 1.82) is 0 Å². The van der Waals surface area contributed by atoms with Gasteiger partial charge in [0.1, 0.15) is 5.82 Å². The van der Waals surface area contributed by atoms with Crippen molar-refractivity contribution in [1.82, 2.24) is 19.8 Å². The highest BCUT2D eigenvalue weighted by molar-refractivity contribution is 8.00. The minimum absolute atomic E-state index is 0.185. The van der Waals surface area contributed by atoms with Gasteiger partial charge in [0.05, 0.1) is 16.3 Å². The molecule has 1 amide bonds. The number of anilines is 3. The fourth-order valence-electron chi connectivity index (χ4n) is 5.06. The zero-order valence-corrected chi connectivity index (χ0v) is 24.4. The highest BCUT2D eigenvalue weighted by atomic mass is 32.2. The highest BCUT2D eigenvalue weighted by Gasteiger charge is 2.22. The van der Waals surface area contributed by atoms with E-state index in [4.69, 9.17) is 4.55 Å². The third-order valence-corrected chi connectivity index (χ3v) is 9.22. The van der Waals surface area contributed by atoms with Crippen LogP contribution in [0.3, 0.4) is 0 Å². The normalized spacial score (nSPS) is 15.4. The van der Waals surface area contributed by atoms with Crippen molar-refractivity contribution >= 4 is 45.0 Å². The third kappa shape index (κ3) is 6.80. The fourth-order valence-corrected chi connectivity index (χ4v) is 6.62. The third-order valence-electron chi connectivity index (χ3n) is 7.33. The second-order valence-corrected chi connectivity index (χ2v) is 12.9. The zero-order valence-electron chi connectivity index (χ0n) is 22.7. The van der Waals surface area contributed by atoms with Crippen molar-refractivity contribution in [2.75, 3.05) is 49.1 Å². The first-order valence-electron chi connectivity index (χ1n) is 13.6. The van der Waals surface area contributed by atoms with E-state index in [0.717, 1.165) is 70.7 Å². The zero-order chi connectivity index (χ0) is 29.1. The fraction of sp³-hybridized carbons (Fsp3) is 0.233. The summed E-state index contributed by atoms with van der Waals surface area (Å²) >= 11 is 1.64. The molecule has 0 spiro atoms. The molecule has 0 atom stereocenters. The van der Waals surface area contributed by atoms with Crippen LogP contribution in [0.4, 0.5) is 17.2 Å². The number of pyridine rings is 2. The van der Waals surface area contributed by atoms with Crippen LogP contribution in [-0.2, 0) is 16.7 Å². The van der Waals surface area contributed by atoms with E-state index in [1.54, 1.807) is 24.2 Å². The van der Waals surface area contributed by atoms with Gasteiger partial charge in [-0.15, -0.1) is 0 Å². The van der Waals surface area contributed by atoms with Crippen molar-refractivity contribution in [3.8, 4) is 11.1 Å². The Morgan fingerprint density at radius 1 is 1.00 bits per heavy atom. The Balaban J connectivity index is 1.05. The lowest BCUT2D eigenvalue weighted by molar-refractivity contribution is 0.102. The van der Waals surface area contributed by atoms with Crippen LogP contribution in [0.2, 0.25) is 0 Å². The molecule has 4 heterocycles. The van der Waals surface area contributed by atoms with E-state index in [1.807, 2.05) is 71.8 Å². The maximum Gasteiger partial charge on any atom is 0.266 e. The van der Waals surface area contributed by atoms with Gasteiger partial charge in [-0.25, -0.2) is 4.98 Å². The van der Waals surface area contributed by atoms with Crippen LogP contribution in [0.1, 0.15) is 15.9 Å². The number of hydrogen-bond donors (Lipinski definition) is 3. The number of fused-ring (bicyclic) bond motifs is 2. The SMILES string of the molecule is O=C(Nc1ccc2c(c1)Nc1nccc(-c3cccnc3)c1S2)c1ccc(CN2CCN(CCS(=O)(=O)O)CC2)cc1. The van der Waals surface area contributed by atoms with E-state index in [1.165, 1.54) is 0 Å². The molecule has 0 unspecified atom stereocenters. The molecule has 2 aromatic heterocycles. The van der Waals surface area contributed by atoms with Crippen molar-refractivity contribution < 1.29 is 17.8 Å². The number of carbonyl (C=O) groups excluding carboxylic acids is 1. The van der Waals surface area contributed by atoms with E-state index in [-0.39, 0.29) is 11.7 Å². The number of amides is 1. The number of nitrogens with one attached hydrogen (secondary N) is 2. The number of benzene rings is 2. The summed E-state index contributed by atoms with van der Waals surface area (Å²) < 4.78 is 30.9. The predicted molar refractivity (Wildman–Crippen MR) is 164 cm³/mol. The van der Waals surface area contributed by atoms with E-state index >= 15 is 0 Å². The molecule has 0 radical (unpaired) electrons. The summed E-state index contributed by atoms with van der Waals surface area (Å²) in [6.07, 6.45) is 5.38. The first kappa shape index (κ1) is 28.3. The Bertz CT molecular complexity index is 1690. The summed E-state index contributed by atoms with van der Waals surface area (Å²) in [6, 6.07) is 19.4. The maximum absolute atomic E-state index is 13.0. The average Bonchev–Trinajstić information content (AvgIpc) is 3.00. The van der Waals surface area contributed by atoms with Gasteiger partial charge in [-0.1, -0.05) is 30.0 Å². The number of hydrogen-bond acceptors (Lipinski definition) is 9. The van der Waals surface area contributed by atoms with E-state index in [9.17, 15) is 13.2 Å². The number of piperazine rings is 1. The van der Waals surface area contributed by atoms with Gasteiger partial charge in [0.15, 0.2) is 0 Å². The molecule has 0 bridgehead atoms. The van der Waals surface area contributed by atoms with E-state index < -0.39 is 10.1 Å². The van der Waals surface area contributed by atoms with Gasteiger partial charge in [-0.05, 0) is 48.0 Å². The molecule has 0 aliphatic carbocycles. The number of carbonyl (C=O) groups is 1. The van der Waals surface area contributed by atoms with Crippen molar-refractivity contribution in [3.63, 3.8) is 0 Å². The van der Waals surface area contributed by atoms with E-state index in [2.05, 4.69) is 25.5 Å². The number of nitrogens with zero attached hydrogens (tertiary/aromatic N) is 4. The van der Waals surface area contributed by atoms with Gasteiger partial charge in [-0.2, -0.15) is 8.42 Å². The minimum Gasteiger partial charge on any atom is -0.338 e. The van der Waals surface area contributed by atoms with Gasteiger partial charge in [0.2, 0.25) is 0 Å². The molecule has 0 saturated carbocycles. The molecule has 6 rings (SSSR count). The van der Waals surface area contributed by atoms with Crippen LogP contribution in [0.15, 0.2) is 89.0 Å². The van der Waals surface area contributed by atoms with E-state index in [0.29, 0.717) is 17.8 Å². The second kappa shape index (κ2) is 12.2. The monoisotopic (exact) mass is 602 g/mol. The smallest absolute Gasteiger partial charge is 0.266 e. The maximum atomic E-state index is 13.0. The molecule has 4 aromatic rings. The lowest BCUT2D eigenvalue weighted by Gasteiger charge is -2.34. The Hall–Kier alpha value is -3.81. The first-order valence-corrected chi connectivity index (χ1v) is 16.0. The van der Waals surface area contributed by atoms with Crippen LogP contribution in [0.25, 0.3) is 11.1 Å². The second-order valence-electron chi connectivity index (χ2n) is 10.3. The molecule has 1 fully saturated rings. The highest BCUT2D eigenvalue weighted by Crippen LogP contribution is 2.48. The molecule has 2 aliphatic rings. The molecule has 42 heavy (non-hydrogen) atoms. The standard InChI is InChI=1S/C30H30N6O4S2/c37-30(22-5-3-21(4-6-22)20-36-14-12-35(13-15-36)16-17-42(38,39)40)33-24-7-8-27-26(18-24)34-29-28(41-27)25(9-11-32-29)23-2-1-10-31-19-23/h1-11,18-19H,12-17,20H2,(H,32,34)(H,33,37)(H,38,39,40). The molecule has 2 aromatic carbocycles. The summed E-state index contributed by atoms with van der Waals surface area (Å²) in [6.45, 7) is 4.20. The minimum atomic E-state index is -3.94.